The van der Waals surface area contributed by atoms with Crippen LogP contribution in [0.1, 0.15) is 64.6 Å². The third-order valence-electron chi connectivity index (χ3n) is 3.49. The van der Waals surface area contributed by atoms with Crippen molar-refractivity contribution in [2.24, 2.45) is 11.1 Å². The molecule has 0 radical (unpaired) electrons. The SMILES string of the molecule is CC(C)(C)CC(C)(C)c1ccc(C(N)CC(=O)O)cc1. The van der Waals surface area contributed by atoms with E-state index in [1.807, 2.05) is 12.1 Å². The Morgan fingerprint density at radius 2 is 1.65 bits per heavy atom. The summed E-state index contributed by atoms with van der Waals surface area (Å²) in [7, 11) is 0. The zero-order valence-corrected chi connectivity index (χ0v) is 13.2. The Morgan fingerprint density at radius 3 is 2.05 bits per heavy atom. The van der Waals surface area contributed by atoms with Crippen LogP contribution in [0.25, 0.3) is 0 Å². The maximum Gasteiger partial charge on any atom is 0.305 e. The summed E-state index contributed by atoms with van der Waals surface area (Å²) in [6, 6.07) is 7.61. The minimum absolute atomic E-state index is 0.0370. The molecule has 0 heterocycles. The summed E-state index contributed by atoms with van der Waals surface area (Å²) in [5, 5.41) is 8.78. The van der Waals surface area contributed by atoms with E-state index in [4.69, 9.17) is 10.8 Å². The van der Waals surface area contributed by atoms with E-state index in [0.717, 1.165) is 12.0 Å². The molecule has 0 aromatic heterocycles. The number of hydrogen-bond donors (Lipinski definition) is 2. The lowest BCUT2D eigenvalue weighted by Gasteiger charge is -2.33. The zero-order chi connectivity index (χ0) is 15.6. The van der Waals surface area contributed by atoms with Crippen molar-refractivity contribution in [3.63, 3.8) is 0 Å². The van der Waals surface area contributed by atoms with Crippen LogP contribution in [0.2, 0.25) is 0 Å². The van der Waals surface area contributed by atoms with Gasteiger partial charge in [0.05, 0.1) is 6.42 Å². The molecule has 0 aliphatic heterocycles. The number of benzene rings is 1. The van der Waals surface area contributed by atoms with Crippen molar-refractivity contribution >= 4 is 5.97 Å². The first-order chi connectivity index (χ1) is 9.01. The van der Waals surface area contributed by atoms with Gasteiger partial charge in [0.2, 0.25) is 0 Å². The standard InChI is InChI=1S/C17H27NO2/c1-16(2,3)11-17(4,5)13-8-6-12(7-9-13)14(18)10-15(19)20/h6-9,14H,10-11,18H2,1-5H3,(H,19,20). The monoisotopic (exact) mass is 277 g/mol. The summed E-state index contributed by atoms with van der Waals surface area (Å²) in [6.45, 7) is 11.2. The molecule has 1 atom stereocenters. The molecule has 20 heavy (non-hydrogen) atoms. The van der Waals surface area contributed by atoms with Crippen molar-refractivity contribution in [1.82, 2.24) is 0 Å². The van der Waals surface area contributed by atoms with Crippen LogP contribution in [-0.2, 0) is 10.2 Å². The molecule has 0 aliphatic carbocycles. The average Bonchev–Trinajstić information content (AvgIpc) is 2.25. The first-order valence-corrected chi connectivity index (χ1v) is 7.09. The molecule has 3 nitrogen and oxygen atoms in total. The minimum Gasteiger partial charge on any atom is -0.481 e. The fourth-order valence-corrected chi connectivity index (χ4v) is 2.92. The predicted octanol–water partition coefficient (Wildman–Crippen LogP) is 3.87. The molecular formula is C17H27NO2. The molecular weight excluding hydrogens is 250 g/mol. The molecule has 0 aliphatic rings. The summed E-state index contributed by atoms with van der Waals surface area (Å²) in [6.07, 6.45) is 1.05. The summed E-state index contributed by atoms with van der Waals surface area (Å²) in [5.41, 5.74) is 8.37. The van der Waals surface area contributed by atoms with Gasteiger partial charge in [-0.15, -0.1) is 0 Å². The van der Waals surface area contributed by atoms with Gasteiger partial charge in [0.25, 0.3) is 0 Å². The summed E-state index contributed by atoms with van der Waals surface area (Å²) in [4.78, 5) is 10.7. The molecule has 1 rings (SSSR count). The van der Waals surface area contributed by atoms with Gasteiger partial charge in [-0.3, -0.25) is 4.79 Å². The predicted molar refractivity (Wildman–Crippen MR) is 82.7 cm³/mol. The maximum atomic E-state index is 10.7. The molecule has 0 spiro atoms. The van der Waals surface area contributed by atoms with Gasteiger partial charge in [-0.2, -0.15) is 0 Å². The summed E-state index contributed by atoms with van der Waals surface area (Å²) < 4.78 is 0. The Morgan fingerprint density at radius 1 is 1.15 bits per heavy atom. The quantitative estimate of drug-likeness (QED) is 0.858. The molecule has 1 aromatic carbocycles. The molecule has 1 aromatic rings. The fraction of sp³-hybridized carbons (Fsp3) is 0.588. The summed E-state index contributed by atoms with van der Waals surface area (Å²) >= 11 is 0. The number of carbonyl (C=O) groups is 1. The van der Waals surface area contributed by atoms with Gasteiger partial charge in [0, 0.05) is 6.04 Å². The van der Waals surface area contributed by atoms with Crippen molar-refractivity contribution in [3.05, 3.63) is 35.4 Å². The highest BCUT2D eigenvalue weighted by molar-refractivity contribution is 5.67. The highest BCUT2D eigenvalue weighted by Gasteiger charge is 2.27. The highest BCUT2D eigenvalue weighted by Crippen LogP contribution is 2.36. The third kappa shape index (κ3) is 4.97. The number of nitrogens with two attached hydrogens (primary N) is 1. The van der Waals surface area contributed by atoms with Crippen molar-refractivity contribution in [2.75, 3.05) is 0 Å². The lowest BCUT2D eigenvalue weighted by atomic mass is 9.72. The molecule has 0 amide bonds. The minimum atomic E-state index is -0.866. The van der Waals surface area contributed by atoms with Crippen LogP contribution in [0, 0.1) is 5.41 Å². The molecule has 0 fully saturated rings. The average molecular weight is 277 g/mol. The van der Waals surface area contributed by atoms with Gasteiger partial charge in [-0.1, -0.05) is 58.9 Å². The molecule has 0 saturated heterocycles. The Bertz CT molecular complexity index is 455. The van der Waals surface area contributed by atoms with E-state index in [-0.39, 0.29) is 17.3 Å². The normalized spacial score (nSPS) is 14.1. The van der Waals surface area contributed by atoms with Crippen LogP contribution in [-0.4, -0.2) is 11.1 Å². The van der Waals surface area contributed by atoms with Crippen LogP contribution in [0.5, 0.6) is 0 Å². The van der Waals surface area contributed by atoms with Crippen LogP contribution in [0.3, 0.4) is 0 Å². The summed E-state index contributed by atoms with van der Waals surface area (Å²) in [5.74, 6) is -0.866. The van der Waals surface area contributed by atoms with Crippen LogP contribution in [0.15, 0.2) is 24.3 Å². The van der Waals surface area contributed by atoms with Gasteiger partial charge in [0.15, 0.2) is 0 Å². The second-order valence-electron chi connectivity index (χ2n) is 7.45. The van der Waals surface area contributed by atoms with Crippen LogP contribution >= 0.6 is 0 Å². The number of rotatable bonds is 5. The van der Waals surface area contributed by atoms with E-state index >= 15 is 0 Å². The third-order valence-corrected chi connectivity index (χ3v) is 3.49. The first kappa shape index (κ1) is 16.7. The Hall–Kier alpha value is -1.35. The van der Waals surface area contributed by atoms with E-state index in [0.29, 0.717) is 0 Å². The number of aliphatic carboxylic acids is 1. The molecule has 0 saturated carbocycles. The van der Waals surface area contributed by atoms with E-state index in [1.165, 1.54) is 5.56 Å². The lowest BCUT2D eigenvalue weighted by Crippen LogP contribution is -2.25. The number of carboxylic acid groups (broad SMARTS) is 1. The Balaban J connectivity index is 2.88. The van der Waals surface area contributed by atoms with E-state index < -0.39 is 12.0 Å². The first-order valence-electron chi connectivity index (χ1n) is 7.09. The topological polar surface area (TPSA) is 63.3 Å². The van der Waals surface area contributed by atoms with Gasteiger partial charge in [0.1, 0.15) is 0 Å². The van der Waals surface area contributed by atoms with Crippen LogP contribution < -0.4 is 5.73 Å². The Labute approximate surface area is 122 Å². The smallest absolute Gasteiger partial charge is 0.305 e. The number of hydrogen-bond acceptors (Lipinski definition) is 2. The highest BCUT2D eigenvalue weighted by atomic mass is 16.4. The van der Waals surface area contributed by atoms with E-state index in [9.17, 15) is 4.79 Å². The van der Waals surface area contributed by atoms with Crippen molar-refractivity contribution in [2.45, 2.75) is 58.9 Å². The molecule has 0 bridgehead atoms. The maximum absolute atomic E-state index is 10.7. The van der Waals surface area contributed by atoms with Gasteiger partial charge in [-0.05, 0) is 28.4 Å². The largest absolute Gasteiger partial charge is 0.481 e. The lowest BCUT2D eigenvalue weighted by molar-refractivity contribution is -0.137. The van der Waals surface area contributed by atoms with E-state index in [2.05, 4.69) is 46.8 Å². The number of carboxylic acids is 1. The van der Waals surface area contributed by atoms with Gasteiger partial charge >= 0.3 is 5.97 Å². The van der Waals surface area contributed by atoms with Crippen LogP contribution in [0.4, 0.5) is 0 Å². The second kappa shape index (κ2) is 5.96. The molecule has 3 N–H and O–H groups in total. The fourth-order valence-electron chi connectivity index (χ4n) is 2.92. The van der Waals surface area contributed by atoms with Crippen molar-refractivity contribution in [3.8, 4) is 0 Å². The zero-order valence-electron chi connectivity index (χ0n) is 13.2. The second-order valence-corrected chi connectivity index (χ2v) is 7.45. The van der Waals surface area contributed by atoms with Gasteiger partial charge < -0.3 is 10.8 Å². The van der Waals surface area contributed by atoms with Gasteiger partial charge in [-0.25, -0.2) is 0 Å². The molecule has 1 unspecified atom stereocenters. The van der Waals surface area contributed by atoms with Crippen molar-refractivity contribution < 1.29 is 9.90 Å². The molecule has 3 heteroatoms. The van der Waals surface area contributed by atoms with E-state index in [1.54, 1.807) is 0 Å². The Kier molecular flexibility index (Phi) is 4.98. The van der Waals surface area contributed by atoms with Crippen molar-refractivity contribution in [1.29, 1.82) is 0 Å². The molecule has 112 valence electrons.